The van der Waals surface area contributed by atoms with Crippen LogP contribution < -0.4 is 5.56 Å². The predicted octanol–water partition coefficient (Wildman–Crippen LogP) is 1.13. The zero-order valence-corrected chi connectivity index (χ0v) is 8.43. The molecular weight excluding hydrogens is 206 g/mol. The van der Waals surface area contributed by atoms with E-state index >= 15 is 0 Å². The van der Waals surface area contributed by atoms with Crippen molar-refractivity contribution in [3.8, 4) is 0 Å². The number of pyridine rings is 1. The largest absolute Gasteiger partial charge is 0.466 e. The van der Waals surface area contributed by atoms with Gasteiger partial charge in [0, 0.05) is 11.8 Å². The fourth-order valence-electron chi connectivity index (χ4n) is 1.000. The van der Waals surface area contributed by atoms with E-state index in [9.17, 15) is 9.59 Å². The van der Waals surface area contributed by atoms with Crippen LogP contribution in [0.4, 0.5) is 0 Å². The van der Waals surface area contributed by atoms with E-state index in [4.69, 9.17) is 16.3 Å². The fraction of sp³-hybridized carbons (Fsp3) is 0.333. The van der Waals surface area contributed by atoms with Gasteiger partial charge in [0.25, 0.3) is 5.56 Å². The van der Waals surface area contributed by atoms with Crippen LogP contribution in [0.1, 0.15) is 12.5 Å². The second-order valence-electron chi connectivity index (χ2n) is 2.65. The van der Waals surface area contributed by atoms with Gasteiger partial charge in [0.1, 0.15) is 0 Å². The summed E-state index contributed by atoms with van der Waals surface area (Å²) in [5.74, 6) is -0.430. The number of halogens is 1. The Morgan fingerprint density at radius 3 is 3.00 bits per heavy atom. The first-order valence-corrected chi connectivity index (χ1v) is 4.54. The number of hydrogen-bond acceptors (Lipinski definition) is 3. The van der Waals surface area contributed by atoms with Crippen molar-refractivity contribution in [3.05, 3.63) is 33.2 Å². The summed E-state index contributed by atoms with van der Waals surface area (Å²) in [7, 11) is 0. The van der Waals surface area contributed by atoms with Gasteiger partial charge in [0.05, 0.1) is 18.1 Å². The lowest BCUT2D eigenvalue weighted by Gasteiger charge is -2.01. The van der Waals surface area contributed by atoms with Gasteiger partial charge in [-0.3, -0.25) is 9.59 Å². The summed E-state index contributed by atoms with van der Waals surface area (Å²) in [6.07, 6.45) is 1.32. The number of rotatable bonds is 3. The van der Waals surface area contributed by atoms with Crippen molar-refractivity contribution in [3.63, 3.8) is 0 Å². The van der Waals surface area contributed by atoms with Crippen LogP contribution in [0, 0.1) is 0 Å². The highest BCUT2D eigenvalue weighted by molar-refractivity contribution is 6.30. The normalized spacial score (nSPS) is 9.86. The molecule has 1 aromatic heterocycles. The fourth-order valence-corrected chi connectivity index (χ4v) is 1.19. The first kappa shape index (κ1) is 10.8. The molecule has 0 fully saturated rings. The molecule has 0 radical (unpaired) electrons. The predicted molar refractivity (Wildman–Crippen MR) is 52.4 cm³/mol. The highest BCUT2D eigenvalue weighted by Crippen LogP contribution is 2.06. The Balaban J connectivity index is 2.81. The standard InChI is InChI=1S/C9H10ClNO3/c1-2-14-8(12)4-6-3-7(10)5-11-9(6)13/h3,5H,2,4H2,1H3,(H,11,13). The number of ether oxygens (including phenoxy) is 1. The quantitative estimate of drug-likeness (QED) is 0.770. The number of carbonyl (C=O) groups excluding carboxylic acids is 1. The van der Waals surface area contributed by atoms with Crippen LogP contribution >= 0.6 is 11.6 Å². The zero-order chi connectivity index (χ0) is 10.6. The summed E-state index contributed by atoms with van der Waals surface area (Å²) >= 11 is 5.66. The highest BCUT2D eigenvalue weighted by atomic mass is 35.5. The smallest absolute Gasteiger partial charge is 0.310 e. The molecule has 0 aromatic carbocycles. The van der Waals surface area contributed by atoms with Crippen molar-refractivity contribution in [1.29, 1.82) is 0 Å². The Labute approximate surface area is 85.9 Å². The Hall–Kier alpha value is -1.29. The molecule has 0 unspecified atom stereocenters. The van der Waals surface area contributed by atoms with Crippen LogP contribution in [-0.4, -0.2) is 17.6 Å². The molecule has 76 valence electrons. The Bertz CT molecular complexity index is 386. The van der Waals surface area contributed by atoms with Gasteiger partial charge in [-0.25, -0.2) is 0 Å². The molecule has 0 aliphatic carbocycles. The molecule has 0 aliphatic heterocycles. The van der Waals surface area contributed by atoms with E-state index in [-0.39, 0.29) is 12.0 Å². The Morgan fingerprint density at radius 1 is 1.64 bits per heavy atom. The van der Waals surface area contributed by atoms with Gasteiger partial charge in [-0.05, 0) is 13.0 Å². The maximum absolute atomic E-state index is 11.2. The average Bonchev–Trinajstić information content (AvgIpc) is 2.12. The molecule has 14 heavy (non-hydrogen) atoms. The minimum Gasteiger partial charge on any atom is -0.466 e. The van der Waals surface area contributed by atoms with Crippen LogP contribution in [0.25, 0.3) is 0 Å². The van der Waals surface area contributed by atoms with Crippen LogP contribution in [0.15, 0.2) is 17.1 Å². The third-order valence-corrected chi connectivity index (χ3v) is 1.80. The van der Waals surface area contributed by atoms with Crippen molar-refractivity contribution in [2.24, 2.45) is 0 Å². The SMILES string of the molecule is CCOC(=O)Cc1cc(Cl)c[nH]c1=O. The summed E-state index contributed by atoms with van der Waals surface area (Å²) in [4.78, 5) is 24.7. The van der Waals surface area contributed by atoms with Crippen LogP contribution in [0.5, 0.6) is 0 Å². The third-order valence-electron chi connectivity index (χ3n) is 1.59. The summed E-state index contributed by atoms with van der Waals surface area (Å²) in [5.41, 5.74) is -0.00148. The van der Waals surface area contributed by atoms with Gasteiger partial charge < -0.3 is 9.72 Å². The first-order chi connectivity index (χ1) is 6.63. The number of H-pyrrole nitrogens is 1. The number of carbonyl (C=O) groups is 1. The van der Waals surface area contributed by atoms with Crippen molar-refractivity contribution in [2.45, 2.75) is 13.3 Å². The lowest BCUT2D eigenvalue weighted by molar-refractivity contribution is -0.142. The molecule has 1 N–H and O–H groups in total. The van der Waals surface area contributed by atoms with Crippen LogP contribution in [0.2, 0.25) is 5.02 Å². The zero-order valence-electron chi connectivity index (χ0n) is 7.67. The number of aromatic amines is 1. The molecule has 5 heteroatoms. The number of nitrogens with one attached hydrogen (secondary N) is 1. The van der Waals surface area contributed by atoms with E-state index < -0.39 is 5.97 Å². The maximum atomic E-state index is 11.2. The van der Waals surface area contributed by atoms with Gasteiger partial charge in [-0.2, -0.15) is 0 Å². The minimum atomic E-state index is -0.430. The summed E-state index contributed by atoms with van der Waals surface area (Å²) in [6, 6.07) is 1.46. The van der Waals surface area contributed by atoms with Crippen LogP contribution in [0.3, 0.4) is 0 Å². The van der Waals surface area contributed by atoms with Gasteiger partial charge in [0.15, 0.2) is 0 Å². The third kappa shape index (κ3) is 2.88. The molecule has 4 nitrogen and oxygen atoms in total. The number of aromatic nitrogens is 1. The second-order valence-corrected chi connectivity index (χ2v) is 3.09. The van der Waals surface area contributed by atoms with E-state index in [0.29, 0.717) is 17.2 Å². The number of hydrogen-bond donors (Lipinski definition) is 1. The topological polar surface area (TPSA) is 59.2 Å². The second kappa shape index (κ2) is 4.81. The van der Waals surface area contributed by atoms with Crippen molar-refractivity contribution in [1.82, 2.24) is 4.98 Å². The van der Waals surface area contributed by atoms with E-state index in [1.54, 1.807) is 6.92 Å². The number of esters is 1. The lowest BCUT2D eigenvalue weighted by Crippen LogP contribution is -2.17. The summed E-state index contributed by atoms with van der Waals surface area (Å²) in [6.45, 7) is 2.01. The van der Waals surface area contributed by atoms with Crippen molar-refractivity contribution < 1.29 is 9.53 Å². The maximum Gasteiger partial charge on any atom is 0.310 e. The van der Waals surface area contributed by atoms with Gasteiger partial charge in [-0.15, -0.1) is 0 Å². The van der Waals surface area contributed by atoms with E-state index in [1.165, 1.54) is 12.3 Å². The molecule has 0 aliphatic rings. The minimum absolute atomic E-state index is 0.0519. The molecule has 0 bridgehead atoms. The van der Waals surface area contributed by atoms with Gasteiger partial charge in [0.2, 0.25) is 0 Å². The average molecular weight is 216 g/mol. The lowest BCUT2D eigenvalue weighted by atomic mass is 10.2. The molecule has 0 spiro atoms. The molecule has 1 aromatic rings. The first-order valence-electron chi connectivity index (χ1n) is 4.16. The van der Waals surface area contributed by atoms with E-state index in [2.05, 4.69) is 4.98 Å². The molecule has 0 saturated heterocycles. The summed E-state index contributed by atoms with van der Waals surface area (Å²) in [5, 5.41) is 0.392. The molecule has 0 amide bonds. The highest BCUT2D eigenvalue weighted by Gasteiger charge is 2.07. The molecule has 1 heterocycles. The molecule has 0 atom stereocenters. The Kier molecular flexibility index (Phi) is 3.71. The van der Waals surface area contributed by atoms with Crippen LogP contribution in [-0.2, 0) is 16.0 Å². The summed E-state index contributed by atoms with van der Waals surface area (Å²) < 4.78 is 4.71. The van der Waals surface area contributed by atoms with E-state index in [1.807, 2.05) is 0 Å². The van der Waals surface area contributed by atoms with Crippen molar-refractivity contribution >= 4 is 17.6 Å². The van der Waals surface area contributed by atoms with E-state index in [0.717, 1.165) is 0 Å². The molecule has 0 saturated carbocycles. The monoisotopic (exact) mass is 215 g/mol. The Morgan fingerprint density at radius 2 is 2.36 bits per heavy atom. The van der Waals surface area contributed by atoms with Gasteiger partial charge in [-0.1, -0.05) is 11.6 Å². The van der Waals surface area contributed by atoms with Crippen molar-refractivity contribution in [2.75, 3.05) is 6.61 Å². The molecule has 1 rings (SSSR count). The molecular formula is C9H10ClNO3. The van der Waals surface area contributed by atoms with Gasteiger partial charge >= 0.3 is 5.97 Å².